The van der Waals surface area contributed by atoms with Gasteiger partial charge in [-0.25, -0.2) is 0 Å². The van der Waals surface area contributed by atoms with Crippen LogP contribution in [0.25, 0.3) is 10.9 Å². The summed E-state index contributed by atoms with van der Waals surface area (Å²) in [5.74, 6) is 0. The Balaban J connectivity index is 2.74. The van der Waals surface area contributed by atoms with Gasteiger partial charge in [-0.3, -0.25) is 9.48 Å². The molecule has 0 saturated heterocycles. The van der Waals surface area contributed by atoms with Crippen LogP contribution in [0.1, 0.15) is 10.4 Å². The molecule has 0 radical (unpaired) electrons. The smallest absolute Gasteiger partial charge is 0.150 e. The van der Waals surface area contributed by atoms with Crippen LogP contribution in [-0.4, -0.2) is 16.1 Å². The number of aryl methyl sites for hydroxylation is 1. The minimum absolute atomic E-state index is 0.668. The predicted octanol–water partition coefficient (Wildman–Crippen LogP) is 1.39. The molecule has 0 bridgehead atoms. The van der Waals surface area contributed by atoms with Crippen LogP contribution in [0.5, 0.6) is 0 Å². The van der Waals surface area contributed by atoms with Crippen LogP contribution in [-0.2, 0) is 7.05 Å². The van der Waals surface area contributed by atoms with Gasteiger partial charge in [0.2, 0.25) is 0 Å². The van der Waals surface area contributed by atoms with Crippen LogP contribution in [0.15, 0.2) is 24.4 Å². The number of aldehydes is 1. The summed E-state index contributed by atoms with van der Waals surface area (Å²) in [6.45, 7) is 0. The zero-order valence-corrected chi connectivity index (χ0v) is 6.69. The molecule has 60 valence electrons. The number of carbonyl (C=O) groups excluding carboxylic acids is 1. The van der Waals surface area contributed by atoms with Crippen LogP contribution in [0.4, 0.5) is 0 Å². The highest BCUT2D eigenvalue weighted by Crippen LogP contribution is 2.12. The maximum absolute atomic E-state index is 10.4. The first-order valence-corrected chi connectivity index (χ1v) is 3.68. The summed E-state index contributed by atoms with van der Waals surface area (Å²) in [4.78, 5) is 10.4. The number of carbonyl (C=O) groups is 1. The van der Waals surface area contributed by atoms with E-state index in [9.17, 15) is 4.79 Å². The van der Waals surface area contributed by atoms with Gasteiger partial charge in [0.05, 0.1) is 5.52 Å². The molecule has 12 heavy (non-hydrogen) atoms. The lowest BCUT2D eigenvalue weighted by molar-refractivity contribution is 0.112. The highest BCUT2D eigenvalue weighted by molar-refractivity contribution is 5.86. The van der Waals surface area contributed by atoms with Gasteiger partial charge in [-0.1, -0.05) is 12.1 Å². The van der Waals surface area contributed by atoms with E-state index in [1.165, 1.54) is 0 Å². The summed E-state index contributed by atoms with van der Waals surface area (Å²) in [6, 6.07) is 5.46. The van der Waals surface area contributed by atoms with Gasteiger partial charge in [-0.05, 0) is 6.07 Å². The molecular weight excluding hydrogens is 152 g/mol. The fraction of sp³-hybridized carbons (Fsp3) is 0.111. The zero-order valence-electron chi connectivity index (χ0n) is 6.69. The molecule has 0 aliphatic rings. The van der Waals surface area contributed by atoms with Gasteiger partial charge in [0.15, 0.2) is 0 Å². The van der Waals surface area contributed by atoms with Gasteiger partial charge in [0.25, 0.3) is 0 Å². The molecule has 1 aromatic heterocycles. The van der Waals surface area contributed by atoms with Crippen molar-refractivity contribution in [1.82, 2.24) is 9.78 Å². The fourth-order valence-corrected chi connectivity index (χ4v) is 1.23. The van der Waals surface area contributed by atoms with E-state index in [2.05, 4.69) is 5.10 Å². The standard InChI is InChI=1S/C9H8N2O/c1-11-5-8-3-2-7(6-12)4-9(8)10-11/h2-6H,1H3. The van der Waals surface area contributed by atoms with Crippen molar-refractivity contribution in [3.63, 3.8) is 0 Å². The molecule has 1 heterocycles. The number of hydrogen-bond donors (Lipinski definition) is 0. The first-order chi connectivity index (χ1) is 5.79. The Bertz CT molecular complexity index is 431. The molecule has 0 amide bonds. The molecule has 3 nitrogen and oxygen atoms in total. The third kappa shape index (κ3) is 0.993. The van der Waals surface area contributed by atoms with Gasteiger partial charge in [0, 0.05) is 24.2 Å². The summed E-state index contributed by atoms with van der Waals surface area (Å²) < 4.78 is 1.74. The zero-order chi connectivity index (χ0) is 8.55. The van der Waals surface area contributed by atoms with E-state index in [0.717, 1.165) is 17.2 Å². The van der Waals surface area contributed by atoms with Crippen LogP contribution in [0, 0.1) is 0 Å². The molecule has 0 aliphatic carbocycles. The normalized spacial score (nSPS) is 10.4. The molecular formula is C9H8N2O. The molecule has 0 unspecified atom stereocenters. The first kappa shape index (κ1) is 7.03. The Labute approximate surface area is 69.6 Å². The van der Waals surface area contributed by atoms with E-state index in [0.29, 0.717) is 5.56 Å². The third-order valence-electron chi connectivity index (χ3n) is 1.78. The van der Waals surface area contributed by atoms with Gasteiger partial charge in [0.1, 0.15) is 6.29 Å². The van der Waals surface area contributed by atoms with Crippen molar-refractivity contribution < 1.29 is 4.79 Å². The topological polar surface area (TPSA) is 34.9 Å². The summed E-state index contributed by atoms with van der Waals surface area (Å²) >= 11 is 0. The van der Waals surface area contributed by atoms with Crippen molar-refractivity contribution in [2.24, 2.45) is 7.05 Å². The summed E-state index contributed by atoms with van der Waals surface area (Å²) in [5.41, 5.74) is 1.53. The molecule has 0 saturated carbocycles. The van der Waals surface area contributed by atoms with Crippen molar-refractivity contribution in [1.29, 1.82) is 0 Å². The Morgan fingerprint density at radius 2 is 2.33 bits per heavy atom. The number of hydrogen-bond acceptors (Lipinski definition) is 2. The van der Waals surface area contributed by atoms with Crippen molar-refractivity contribution in [2.75, 3.05) is 0 Å². The molecule has 2 aromatic rings. The molecule has 1 aromatic carbocycles. The lowest BCUT2D eigenvalue weighted by Crippen LogP contribution is -1.85. The quantitative estimate of drug-likeness (QED) is 0.591. The Kier molecular flexibility index (Phi) is 1.43. The summed E-state index contributed by atoms with van der Waals surface area (Å²) in [7, 11) is 1.86. The van der Waals surface area contributed by atoms with Crippen molar-refractivity contribution in [2.45, 2.75) is 0 Å². The van der Waals surface area contributed by atoms with Gasteiger partial charge >= 0.3 is 0 Å². The van der Waals surface area contributed by atoms with Crippen LogP contribution >= 0.6 is 0 Å². The lowest BCUT2D eigenvalue weighted by Gasteiger charge is -1.87. The number of benzene rings is 1. The van der Waals surface area contributed by atoms with E-state index >= 15 is 0 Å². The maximum atomic E-state index is 10.4. The monoisotopic (exact) mass is 160 g/mol. The van der Waals surface area contributed by atoms with Gasteiger partial charge in [-0.2, -0.15) is 5.10 Å². The highest BCUT2D eigenvalue weighted by Gasteiger charge is 1.98. The maximum Gasteiger partial charge on any atom is 0.150 e. The van der Waals surface area contributed by atoms with Crippen molar-refractivity contribution in [3.8, 4) is 0 Å². The Morgan fingerprint density at radius 1 is 1.50 bits per heavy atom. The molecule has 0 spiro atoms. The van der Waals surface area contributed by atoms with Gasteiger partial charge < -0.3 is 0 Å². The molecule has 2 rings (SSSR count). The van der Waals surface area contributed by atoms with E-state index in [1.54, 1.807) is 16.8 Å². The average Bonchev–Trinajstić information content (AvgIpc) is 2.43. The molecule has 0 atom stereocenters. The molecule has 0 aliphatic heterocycles. The van der Waals surface area contributed by atoms with Gasteiger partial charge in [-0.15, -0.1) is 0 Å². The van der Waals surface area contributed by atoms with Crippen molar-refractivity contribution >= 4 is 17.2 Å². The van der Waals surface area contributed by atoms with Crippen LogP contribution < -0.4 is 0 Å². The molecule has 0 fully saturated rings. The summed E-state index contributed by atoms with van der Waals surface area (Å²) in [5, 5.41) is 5.24. The number of fused-ring (bicyclic) bond motifs is 1. The number of aromatic nitrogens is 2. The first-order valence-electron chi connectivity index (χ1n) is 3.68. The SMILES string of the molecule is Cn1cc2ccc(C=O)cc2n1. The fourth-order valence-electron chi connectivity index (χ4n) is 1.23. The Hall–Kier alpha value is -1.64. The lowest BCUT2D eigenvalue weighted by atomic mass is 10.2. The predicted molar refractivity (Wildman–Crippen MR) is 46.1 cm³/mol. The second-order valence-corrected chi connectivity index (χ2v) is 2.74. The van der Waals surface area contributed by atoms with E-state index in [4.69, 9.17) is 0 Å². The molecule has 0 N–H and O–H groups in total. The van der Waals surface area contributed by atoms with Crippen LogP contribution in [0.3, 0.4) is 0 Å². The minimum atomic E-state index is 0.668. The van der Waals surface area contributed by atoms with Crippen LogP contribution in [0.2, 0.25) is 0 Å². The van der Waals surface area contributed by atoms with E-state index in [-0.39, 0.29) is 0 Å². The van der Waals surface area contributed by atoms with E-state index in [1.807, 2.05) is 19.3 Å². The second-order valence-electron chi connectivity index (χ2n) is 2.74. The second kappa shape index (κ2) is 2.44. The van der Waals surface area contributed by atoms with E-state index < -0.39 is 0 Å². The average molecular weight is 160 g/mol. The van der Waals surface area contributed by atoms with Crippen molar-refractivity contribution in [3.05, 3.63) is 30.0 Å². The number of nitrogens with zero attached hydrogens (tertiary/aromatic N) is 2. The number of rotatable bonds is 1. The highest BCUT2D eigenvalue weighted by atomic mass is 16.1. The Morgan fingerprint density at radius 3 is 3.08 bits per heavy atom. The summed E-state index contributed by atoms with van der Waals surface area (Å²) in [6.07, 6.45) is 2.75. The minimum Gasteiger partial charge on any atom is -0.298 e. The molecule has 3 heteroatoms. The third-order valence-corrected chi connectivity index (χ3v) is 1.78. The largest absolute Gasteiger partial charge is 0.298 e.